The largest absolute Gasteiger partial charge is 0.384 e. The minimum absolute atomic E-state index is 0.253. The maximum absolute atomic E-state index is 6.52. The molecule has 0 spiro atoms. The van der Waals surface area contributed by atoms with Gasteiger partial charge in [-0.3, -0.25) is 0 Å². The van der Waals surface area contributed by atoms with Crippen LogP contribution in [0.4, 0.5) is 11.4 Å². The second kappa shape index (κ2) is 7.94. The first kappa shape index (κ1) is 17.8. The van der Waals surface area contributed by atoms with E-state index in [4.69, 9.17) is 22.1 Å². The fourth-order valence-corrected chi connectivity index (χ4v) is 4.12. The molecular formula is C19H30ClN3O. The number of nitrogens with two attached hydrogens (primary N) is 1. The average molecular weight is 352 g/mol. The monoisotopic (exact) mass is 351 g/mol. The summed E-state index contributed by atoms with van der Waals surface area (Å²) in [5, 5.41) is 4.33. The SMILES string of the molecule is CC1CN(c2ccc(NC[C@H]3CC[C@H](N)CC3)c(Cl)c2)CC(C)O1. The lowest BCUT2D eigenvalue weighted by Crippen LogP contribution is -2.45. The zero-order valence-electron chi connectivity index (χ0n) is 14.8. The maximum Gasteiger partial charge on any atom is 0.0726 e. The molecule has 0 radical (unpaired) electrons. The normalized spacial score (nSPS) is 31.1. The molecule has 2 fully saturated rings. The van der Waals surface area contributed by atoms with Crippen molar-refractivity contribution >= 4 is 23.0 Å². The van der Waals surface area contributed by atoms with Crippen LogP contribution in [-0.2, 0) is 4.74 Å². The minimum Gasteiger partial charge on any atom is -0.384 e. The number of hydrogen-bond acceptors (Lipinski definition) is 4. The Labute approximate surface area is 150 Å². The zero-order chi connectivity index (χ0) is 17.1. The highest BCUT2D eigenvalue weighted by Gasteiger charge is 2.23. The number of rotatable bonds is 4. The van der Waals surface area contributed by atoms with Crippen molar-refractivity contribution < 1.29 is 4.74 Å². The summed E-state index contributed by atoms with van der Waals surface area (Å²) in [5.41, 5.74) is 8.19. The highest BCUT2D eigenvalue weighted by atomic mass is 35.5. The Kier molecular flexibility index (Phi) is 5.90. The van der Waals surface area contributed by atoms with Gasteiger partial charge in [0.2, 0.25) is 0 Å². The molecule has 1 aromatic rings. The van der Waals surface area contributed by atoms with Crippen molar-refractivity contribution in [3.63, 3.8) is 0 Å². The molecule has 4 nitrogen and oxygen atoms in total. The molecule has 1 saturated heterocycles. The summed E-state index contributed by atoms with van der Waals surface area (Å²) >= 11 is 6.52. The molecule has 5 heteroatoms. The van der Waals surface area contributed by atoms with Gasteiger partial charge in [-0.2, -0.15) is 0 Å². The summed E-state index contributed by atoms with van der Waals surface area (Å²) in [7, 11) is 0. The van der Waals surface area contributed by atoms with E-state index in [2.05, 4.69) is 42.3 Å². The number of benzene rings is 1. The van der Waals surface area contributed by atoms with Gasteiger partial charge in [-0.05, 0) is 63.6 Å². The van der Waals surface area contributed by atoms with Crippen LogP contribution in [0, 0.1) is 5.92 Å². The van der Waals surface area contributed by atoms with Crippen LogP contribution < -0.4 is 16.0 Å². The van der Waals surface area contributed by atoms with Gasteiger partial charge in [0.25, 0.3) is 0 Å². The number of halogens is 1. The molecule has 1 saturated carbocycles. The first-order valence-corrected chi connectivity index (χ1v) is 9.58. The Morgan fingerprint density at radius 1 is 1.17 bits per heavy atom. The van der Waals surface area contributed by atoms with Gasteiger partial charge in [0, 0.05) is 31.4 Å². The van der Waals surface area contributed by atoms with Gasteiger partial charge in [0.15, 0.2) is 0 Å². The van der Waals surface area contributed by atoms with E-state index in [0.717, 1.165) is 43.2 Å². The topological polar surface area (TPSA) is 50.5 Å². The Morgan fingerprint density at radius 2 is 1.83 bits per heavy atom. The van der Waals surface area contributed by atoms with Crippen LogP contribution in [-0.4, -0.2) is 37.9 Å². The van der Waals surface area contributed by atoms with Crippen LogP contribution in [0.5, 0.6) is 0 Å². The second-order valence-electron chi connectivity index (χ2n) is 7.49. The predicted octanol–water partition coefficient (Wildman–Crippen LogP) is 3.88. The second-order valence-corrected chi connectivity index (χ2v) is 7.90. The molecule has 1 heterocycles. The van der Waals surface area contributed by atoms with Gasteiger partial charge < -0.3 is 20.7 Å². The van der Waals surface area contributed by atoms with Crippen molar-refractivity contribution in [2.75, 3.05) is 29.9 Å². The smallest absolute Gasteiger partial charge is 0.0726 e. The van der Waals surface area contributed by atoms with E-state index in [9.17, 15) is 0 Å². The first-order chi connectivity index (χ1) is 11.5. The van der Waals surface area contributed by atoms with Gasteiger partial charge in [-0.25, -0.2) is 0 Å². The predicted molar refractivity (Wildman–Crippen MR) is 102 cm³/mol. The van der Waals surface area contributed by atoms with Crippen molar-refractivity contribution in [1.29, 1.82) is 0 Å². The third-order valence-electron chi connectivity index (χ3n) is 5.21. The molecule has 1 aromatic carbocycles. The molecule has 0 bridgehead atoms. The van der Waals surface area contributed by atoms with Crippen LogP contribution in [0.1, 0.15) is 39.5 Å². The Bertz CT molecular complexity index is 535. The van der Waals surface area contributed by atoms with Gasteiger partial charge in [-0.1, -0.05) is 11.6 Å². The number of nitrogens with one attached hydrogen (secondary N) is 1. The summed E-state index contributed by atoms with van der Waals surface area (Å²) in [5.74, 6) is 0.710. The summed E-state index contributed by atoms with van der Waals surface area (Å²) in [6.07, 6.45) is 5.23. The van der Waals surface area contributed by atoms with Crippen LogP contribution in [0.2, 0.25) is 5.02 Å². The first-order valence-electron chi connectivity index (χ1n) is 9.20. The van der Waals surface area contributed by atoms with Crippen LogP contribution >= 0.6 is 11.6 Å². The number of ether oxygens (including phenoxy) is 1. The quantitative estimate of drug-likeness (QED) is 0.864. The number of morpholine rings is 1. The van der Waals surface area contributed by atoms with Gasteiger partial charge in [0.05, 0.1) is 22.9 Å². The summed E-state index contributed by atoms with van der Waals surface area (Å²) in [4.78, 5) is 2.36. The molecular weight excluding hydrogens is 322 g/mol. The number of nitrogens with zero attached hydrogens (tertiary/aromatic N) is 1. The third-order valence-corrected chi connectivity index (χ3v) is 5.52. The zero-order valence-corrected chi connectivity index (χ0v) is 15.6. The van der Waals surface area contributed by atoms with E-state index in [1.165, 1.54) is 18.5 Å². The van der Waals surface area contributed by atoms with Crippen molar-refractivity contribution in [2.45, 2.75) is 57.8 Å². The number of anilines is 2. The fourth-order valence-electron chi connectivity index (χ4n) is 3.88. The number of hydrogen-bond donors (Lipinski definition) is 2. The molecule has 0 amide bonds. The maximum atomic E-state index is 6.52. The summed E-state index contributed by atoms with van der Waals surface area (Å²) < 4.78 is 5.81. The molecule has 3 N–H and O–H groups in total. The molecule has 1 aliphatic heterocycles. The Morgan fingerprint density at radius 3 is 2.46 bits per heavy atom. The molecule has 0 aromatic heterocycles. The van der Waals surface area contributed by atoms with E-state index in [1.807, 2.05) is 0 Å². The summed E-state index contributed by atoms with van der Waals surface area (Å²) in [6, 6.07) is 6.75. The van der Waals surface area contributed by atoms with E-state index >= 15 is 0 Å². The lowest BCUT2D eigenvalue weighted by molar-refractivity contribution is -0.00521. The lowest BCUT2D eigenvalue weighted by Gasteiger charge is -2.37. The molecule has 2 unspecified atom stereocenters. The van der Waals surface area contributed by atoms with Crippen LogP contribution in [0.3, 0.4) is 0 Å². The summed E-state index contributed by atoms with van der Waals surface area (Å²) in [6.45, 7) is 7.05. The van der Waals surface area contributed by atoms with E-state index in [-0.39, 0.29) is 12.2 Å². The lowest BCUT2D eigenvalue weighted by atomic mass is 9.86. The van der Waals surface area contributed by atoms with Crippen LogP contribution in [0.25, 0.3) is 0 Å². The fraction of sp³-hybridized carbons (Fsp3) is 0.684. The molecule has 2 aliphatic rings. The minimum atomic E-state index is 0.253. The van der Waals surface area contributed by atoms with Gasteiger partial charge in [-0.15, -0.1) is 0 Å². The highest BCUT2D eigenvalue weighted by molar-refractivity contribution is 6.33. The van der Waals surface area contributed by atoms with Crippen molar-refractivity contribution in [1.82, 2.24) is 0 Å². The molecule has 1 aliphatic carbocycles. The van der Waals surface area contributed by atoms with Crippen molar-refractivity contribution in [3.05, 3.63) is 23.2 Å². The van der Waals surface area contributed by atoms with Crippen molar-refractivity contribution in [3.8, 4) is 0 Å². The molecule has 2 atom stereocenters. The van der Waals surface area contributed by atoms with E-state index in [0.29, 0.717) is 12.0 Å². The standard InChI is InChI=1S/C19H30ClN3O/c1-13-11-23(12-14(2)24-13)17-7-8-19(18(20)9-17)22-10-15-3-5-16(21)6-4-15/h7-9,13-16,22H,3-6,10-12,21H2,1-2H3/t13?,14?,15-,16-. The highest BCUT2D eigenvalue weighted by Crippen LogP contribution is 2.30. The van der Waals surface area contributed by atoms with E-state index < -0.39 is 0 Å². The van der Waals surface area contributed by atoms with E-state index in [1.54, 1.807) is 0 Å². The molecule has 3 rings (SSSR count). The van der Waals surface area contributed by atoms with Crippen molar-refractivity contribution in [2.24, 2.45) is 11.7 Å². The van der Waals surface area contributed by atoms with Gasteiger partial charge in [0.1, 0.15) is 0 Å². The molecule has 134 valence electrons. The Balaban J connectivity index is 1.58. The molecule has 24 heavy (non-hydrogen) atoms. The average Bonchev–Trinajstić information content (AvgIpc) is 2.54. The third kappa shape index (κ3) is 4.56. The Hall–Kier alpha value is -0.970. The van der Waals surface area contributed by atoms with Crippen LogP contribution in [0.15, 0.2) is 18.2 Å². The van der Waals surface area contributed by atoms with Gasteiger partial charge >= 0.3 is 0 Å².